The number of aromatic nitrogens is 7. The van der Waals surface area contributed by atoms with Gasteiger partial charge in [0.1, 0.15) is 5.52 Å². The van der Waals surface area contributed by atoms with E-state index in [-0.39, 0.29) is 0 Å². The predicted molar refractivity (Wildman–Crippen MR) is 258 cm³/mol. The lowest BCUT2D eigenvalue weighted by Gasteiger charge is -2.27. The van der Waals surface area contributed by atoms with Crippen molar-refractivity contribution in [1.29, 1.82) is 0 Å². The van der Waals surface area contributed by atoms with E-state index in [4.69, 9.17) is 19.9 Å². The van der Waals surface area contributed by atoms with E-state index in [0.29, 0.717) is 22.9 Å². The van der Waals surface area contributed by atoms with Crippen LogP contribution < -0.4 is 4.90 Å². The topological polar surface area (TPSA) is 69.6 Å². The van der Waals surface area contributed by atoms with E-state index in [1.54, 1.807) is 0 Å². The molecule has 0 aliphatic heterocycles. The van der Waals surface area contributed by atoms with E-state index in [1.807, 2.05) is 12.4 Å². The van der Waals surface area contributed by atoms with Gasteiger partial charge in [0.2, 0.25) is 5.95 Å². The van der Waals surface area contributed by atoms with Crippen molar-refractivity contribution in [2.24, 2.45) is 0 Å². The normalized spacial score (nSPS) is 11.9. The third-order valence-corrected chi connectivity index (χ3v) is 12.5. The number of hydrogen-bond donors (Lipinski definition) is 0. The van der Waals surface area contributed by atoms with Crippen LogP contribution in [0.25, 0.3) is 94.0 Å². The molecule has 63 heavy (non-hydrogen) atoms. The van der Waals surface area contributed by atoms with Crippen LogP contribution in [0.1, 0.15) is 5.56 Å². The number of fused-ring (bicyclic) bond motifs is 11. The molecule has 0 amide bonds. The van der Waals surface area contributed by atoms with Gasteiger partial charge < -0.3 is 9.47 Å². The van der Waals surface area contributed by atoms with E-state index in [0.717, 1.165) is 82.8 Å². The van der Waals surface area contributed by atoms with Gasteiger partial charge in [0.15, 0.2) is 11.5 Å². The number of hydrogen-bond acceptors (Lipinski definition) is 5. The molecule has 8 aromatic carbocycles. The second-order valence-electron chi connectivity index (χ2n) is 16.0. The lowest BCUT2D eigenvalue weighted by atomic mass is 10.1. The quantitative estimate of drug-likeness (QED) is 0.167. The van der Waals surface area contributed by atoms with Crippen molar-refractivity contribution in [3.8, 4) is 17.5 Å². The van der Waals surface area contributed by atoms with Crippen molar-refractivity contribution in [1.82, 2.24) is 33.6 Å². The summed E-state index contributed by atoms with van der Waals surface area (Å²) in [5.74, 6) is 1.23. The van der Waals surface area contributed by atoms with Crippen LogP contribution in [0.2, 0.25) is 0 Å². The molecule has 13 rings (SSSR count). The van der Waals surface area contributed by atoms with E-state index >= 15 is 0 Å². The fraction of sp³-hybridized carbons (Fsp3) is 0.0182. The number of nitrogens with zero attached hydrogens (tertiary/aromatic N) is 8. The smallest absolute Gasteiger partial charge is 0.236 e. The molecule has 296 valence electrons. The highest BCUT2D eigenvalue weighted by Crippen LogP contribution is 2.43. The molecule has 0 aliphatic rings. The minimum absolute atomic E-state index is 0.519. The summed E-state index contributed by atoms with van der Waals surface area (Å²) in [5, 5.41) is 6.86. The number of aryl methyl sites for hydroxylation is 1. The molecule has 8 nitrogen and oxygen atoms in total. The molecule has 5 heterocycles. The third kappa shape index (κ3) is 5.28. The van der Waals surface area contributed by atoms with Crippen molar-refractivity contribution in [2.45, 2.75) is 6.92 Å². The summed E-state index contributed by atoms with van der Waals surface area (Å²) in [6.45, 7) is 2.16. The van der Waals surface area contributed by atoms with Gasteiger partial charge in [-0.25, -0.2) is 15.0 Å². The Balaban J connectivity index is 0.990. The van der Waals surface area contributed by atoms with Gasteiger partial charge in [-0.2, -0.15) is 4.98 Å². The molecule has 8 heteroatoms. The lowest BCUT2D eigenvalue weighted by molar-refractivity contribution is 0.984. The van der Waals surface area contributed by atoms with Gasteiger partial charge in [-0.15, -0.1) is 0 Å². The Morgan fingerprint density at radius 3 is 1.70 bits per heavy atom. The lowest BCUT2D eigenvalue weighted by Crippen LogP contribution is -2.11. The van der Waals surface area contributed by atoms with Crippen LogP contribution in [0.5, 0.6) is 0 Å². The van der Waals surface area contributed by atoms with Crippen LogP contribution in [0.4, 0.5) is 17.1 Å². The van der Waals surface area contributed by atoms with Gasteiger partial charge in [-0.3, -0.25) is 9.13 Å². The zero-order valence-electron chi connectivity index (χ0n) is 34.1. The summed E-state index contributed by atoms with van der Waals surface area (Å²) >= 11 is 0. The molecular weight excluding hydrogens is 773 g/mol. The van der Waals surface area contributed by atoms with Crippen molar-refractivity contribution in [2.75, 3.05) is 4.90 Å². The van der Waals surface area contributed by atoms with Gasteiger partial charge in [-0.05, 0) is 79.2 Å². The number of rotatable bonds is 6. The van der Waals surface area contributed by atoms with Crippen molar-refractivity contribution < 1.29 is 0 Å². The maximum absolute atomic E-state index is 5.21. The first-order valence-electron chi connectivity index (χ1n) is 21.1. The van der Waals surface area contributed by atoms with E-state index < -0.39 is 0 Å². The van der Waals surface area contributed by atoms with Crippen LogP contribution >= 0.6 is 0 Å². The third-order valence-electron chi connectivity index (χ3n) is 12.5. The molecule has 0 aliphatic carbocycles. The molecular formula is C55H36N8. The largest absolute Gasteiger partial charge is 0.310 e. The zero-order valence-corrected chi connectivity index (χ0v) is 34.1. The van der Waals surface area contributed by atoms with Crippen molar-refractivity contribution >= 4 is 93.6 Å². The summed E-state index contributed by atoms with van der Waals surface area (Å²) < 4.78 is 6.76. The van der Waals surface area contributed by atoms with E-state index in [2.05, 4.69) is 214 Å². The minimum atomic E-state index is 0.519. The average molecular weight is 809 g/mol. The summed E-state index contributed by atoms with van der Waals surface area (Å²) in [6, 6.07) is 66.4. The fourth-order valence-corrected chi connectivity index (χ4v) is 9.74. The highest BCUT2D eigenvalue weighted by Gasteiger charge is 2.23. The standard InChI is InChI=1S/C55H36N8/c1-35-16-8-12-24-46(35)60(36-17-4-2-5-18-36)38-28-31-50-44(32-38)41-23-11-14-26-48(41)62(50)51-34-56-54-45(58-51)33-57-55(59-54)63-49-27-15-10-22-40(49)43-30-29-42-39-21-9-13-25-47(39)61(52(42)53(43)63)37-19-6-3-7-20-37/h2-34H,1H3. The van der Waals surface area contributed by atoms with Crippen LogP contribution in [0.15, 0.2) is 200 Å². The molecule has 0 bridgehead atoms. The summed E-state index contributed by atoms with van der Waals surface area (Å²) in [4.78, 5) is 22.8. The highest BCUT2D eigenvalue weighted by molar-refractivity contribution is 6.23. The minimum Gasteiger partial charge on any atom is -0.310 e. The van der Waals surface area contributed by atoms with Gasteiger partial charge in [0.25, 0.3) is 0 Å². The first-order valence-corrected chi connectivity index (χ1v) is 21.1. The molecule has 13 aromatic rings. The molecule has 0 saturated carbocycles. The SMILES string of the molecule is Cc1ccccc1N(c1ccccc1)c1ccc2c(c1)c1ccccc1n2-c1cnc2nc(-n3c4ccccc4c4ccc5c6ccccc6n(-c6ccccc6)c5c43)ncc2n1. The van der Waals surface area contributed by atoms with Crippen LogP contribution in [0, 0.1) is 6.92 Å². The van der Waals surface area contributed by atoms with Gasteiger partial charge in [0.05, 0.1) is 45.5 Å². The molecule has 0 saturated heterocycles. The monoisotopic (exact) mass is 808 g/mol. The molecule has 0 atom stereocenters. The molecule has 0 radical (unpaired) electrons. The van der Waals surface area contributed by atoms with E-state index in [1.165, 1.54) is 10.9 Å². The Kier molecular flexibility index (Phi) is 7.65. The van der Waals surface area contributed by atoms with Crippen LogP contribution in [0.3, 0.4) is 0 Å². The molecule has 0 spiro atoms. The Bertz CT molecular complexity index is 3940. The molecule has 0 fully saturated rings. The van der Waals surface area contributed by atoms with Crippen molar-refractivity contribution in [3.63, 3.8) is 0 Å². The highest BCUT2D eigenvalue weighted by atomic mass is 15.2. The second-order valence-corrected chi connectivity index (χ2v) is 16.0. The Labute approximate surface area is 361 Å². The first kappa shape index (κ1) is 35.2. The van der Waals surface area contributed by atoms with E-state index in [9.17, 15) is 0 Å². The predicted octanol–water partition coefficient (Wildman–Crippen LogP) is 13.5. The van der Waals surface area contributed by atoms with Crippen LogP contribution in [-0.2, 0) is 0 Å². The molecule has 5 aromatic heterocycles. The van der Waals surface area contributed by atoms with Crippen LogP contribution in [-0.4, -0.2) is 33.6 Å². The average Bonchev–Trinajstić information content (AvgIpc) is 3.98. The van der Waals surface area contributed by atoms with Gasteiger partial charge in [0, 0.05) is 55.1 Å². The van der Waals surface area contributed by atoms with Gasteiger partial charge >= 0.3 is 0 Å². The number of benzene rings is 8. The summed E-state index contributed by atoms with van der Waals surface area (Å²) in [5.41, 5.74) is 13.1. The molecule has 0 N–H and O–H groups in total. The Hall–Kier alpha value is -8.62. The Morgan fingerprint density at radius 1 is 0.413 bits per heavy atom. The number of para-hydroxylation sites is 6. The zero-order chi connectivity index (χ0) is 41.6. The maximum atomic E-state index is 5.21. The first-order chi connectivity index (χ1) is 31.2. The Morgan fingerprint density at radius 2 is 0.984 bits per heavy atom. The second kappa shape index (κ2) is 13.7. The summed E-state index contributed by atoms with van der Waals surface area (Å²) in [7, 11) is 0. The van der Waals surface area contributed by atoms with Gasteiger partial charge in [-0.1, -0.05) is 121 Å². The fourth-order valence-electron chi connectivity index (χ4n) is 9.74. The summed E-state index contributed by atoms with van der Waals surface area (Å²) in [6.07, 6.45) is 3.65. The number of anilines is 3. The van der Waals surface area contributed by atoms with Crippen molar-refractivity contribution in [3.05, 3.63) is 206 Å². The molecule has 0 unspecified atom stereocenters. The maximum Gasteiger partial charge on any atom is 0.236 e.